The van der Waals surface area contributed by atoms with Crippen LogP contribution in [0.3, 0.4) is 0 Å². The molecule has 0 aliphatic carbocycles. The van der Waals surface area contributed by atoms with Crippen molar-refractivity contribution in [1.82, 2.24) is 77.9 Å². The van der Waals surface area contributed by atoms with Crippen molar-refractivity contribution in [3.63, 3.8) is 0 Å². The molecule has 0 bridgehead atoms. The molecule has 12 N–H and O–H groups in total. The van der Waals surface area contributed by atoms with E-state index in [-0.39, 0.29) is 103 Å². The molecule has 7 heterocycles. The summed E-state index contributed by atoms with van der Waals surface area (Å²) in [7, 11) is 20.9. The lowest BCUT2D eigenvalue weighted by Gasteiger charge is -2.22. The molecule has 0 atom stereocenters. The van der Waals surface area contributed by atoms with Crippen LogP contribution in [0.5, 0.6) is 0 Å². The number of hydrogen-bond acceptors (Lipinski definition) is 15. The minimum Gasteiger partial charge on any atom is -0.356 e. The summed E-state index contributed by atoms with van der Waals surface area (Å²) in [6.07, 6.45) is 12.8. The van der Waals surface area contributed by atoms with Gasteiger partial charge in [-0.05, 0) is 76.3 Å². The highest BCUT2D eigenvalue weighted by molar-refractivity contribution is 6.09. The van der Waals surface area contributed by atoms with Gasteiger partial charge in [-0.25, -0.2) is 15.0 Å². The minimum atomic E-state index is -0.584. The van der Waals surface area contributed by atoms with E-state index in [2.05, 4.69) is 73.0 Å². The molecule has 0 spiro atoms. The maximum atomic E-state index is 13.5. The van der Waals surface area contributed by atoms with Crippen molar-refractivity contribution in [2.45, 2.75) is 38.5 Å². The molecule has 0 unspecified atom stereocenters. The second-order valence-corrected chi connectivity index (χ2v) is 23.3. The van der Waals surface area contributed by atoms with Crippen LogP contribution in [0, 0.1) is 0 Å². The Morgan fingerprint density at radius 2 is 0.781 bits per heavy atom. The first-order valence-electron chi connectivity index (χ1n) is 30.7. The van der Waals surface area contributed by atoms with Gasteiger partial charge in [0.1, 0.15) is 28.5 Å². The maximum Gasteiger partial charge on any atom is 0.287 e. The lowest BCUT2D eigenvalue weighted by Crippen LogP contribution is -2.35. The lowest BCUT2D eigenvalue weighted by atomic mass is 10.3. The van der Waals surface area contributed by atoms with Gasteiger partial charge < -0.3 is 106 Å². The summed E-state index contributed by atoms with van der Waals surface area (Å²) in [5, 5.41) is 27.4. The summed E-state index contributed by atoms with van der Waals surface area (Å²) in [6.45, 7) is 3.04. The molecule has 34 nitrogen and oxygen atoms in total. The highest BCUT2D eigenvalue weighted by Gasteiger charge is 2.24. The van der Waals surface area contributed by atoms with Crippen molar-refractivity contribution < 1.29 is 47.9 Å². The van der Waals surface area contributed by atoms with Crippen LogP contribution in [0.25, 0.3) is 0 Å². The molecule has 34 heteroatoms. The third-order valence-electron chi connectivity index (χ3n) is 14.9. The number of aryl methyl sites for hydroxylation is 7. The molecule has 0 radical (unpaired) electrons. The molecule has 0 aliphatic rings. The molecule has 0 saturated carbocycles. The van der Waals surface area contributed by atoms with Crippen LogP contribution in [0.15, 0.2) is 78.7 Å². The Morgan fingerprint density at radius 3 is 1.27 bits per heavy atom. The summed E-state index contributed by atoms with van der Waals surface area (Å²) in [6, 6.07) is 7.62. The van der Waals surface area contributed by atoms with E-state index in [1.54, 1.807) is 95.5 Å². The molecule has 0 aromatic carbocycles. The molecule has 7 aromatic rings. The molecule has 0 saturated heterocycles. The average Bonchev–Trinajstić information content (AvgIpc) is 1.74. The monoisotopic (exact) mass is 1330 g/mol. The average molecular weight is 1330 g/mol. The van der Waals surface area contributed by atoms with Gasteiger partial charge in [0.15, 0.2) is 11.6 Å². The highest BCUT2D eigenvalue weighted by Crippen LogP contribution is 2.23. The van der Waals surface area contributed by atoms with E-state index in [1.165, 1.54) is 59.5 Å². The van der Waals surface area contributed by atoms with Crippen molar-refractivity contribution in [1.29, 1.82) is 0 Å². The van der Waals surface area contributed by atoms with Gasteiger partial charge in [0.05, 0.1) is 28.4 Å². The van der Waals surface area contributed by atoms with Gasteiger partial charge in [0.2, 0.25) is 35.3 Å². The first-order chi connectivity index (χ1) is 45.6. The number of nitrogens with one attached hydrogen (secondary N) is 10. The number of imidazole rings is 2. The summed E-state index contributed by atoms with van der Waals surface area (Å²) < 4.78 is 10.6. The summed E-state index contributed by atoms with van der Waals surface area (Å²) in [5.41, 5.74) is 8.60. The topological polar surface area (TPSA) is 399 Å². The molecule has 96 heavy (non-hydrogen) atoms. The third-order valence-corrected chi connectivity index (χ3v) is 14.9. The molecule has 514 valence electrons. The molecule has 7 aromatic heterocycles. The van der Waals surface area contributed by atoms with Crippen LogP contribution in [-0.2, 0) is 63.7 Å². The predicted molar refractivity (Wildman–Crippen MR) is 361 cm³/mol. The van der Waals surface area contributed by atoms with Crippen molar-refractivity contribution in [3.8, 4) is 0 Å². The van der Waals surface area contributed by atoms with Gasteiger partial charge in [-0.1, -0.05) is 0 Å². The van der Waals surface area contributed by atoms with Crippen molar-refractivity contribution in [2.24, 2.45) is 60.1 Å². The quantitative estimate of drug-likeness (QED) is 0.0168. The van der Waals surface area contributed by atoms with E-state index in [1.807, 2.05) is 45.0 Å². The number of guanidine groups is 1. The Balaban J connectivity index is 0.790. The van der Waals surface area contributed by atoms with Gasteiger partial charge >= 0.3 is 0 Å². The number of nitrogens with two attached hydrogens (primary N) is 1. The maximum absolute atomic E-state index is 13.5. The Hall–Kier alpha value is -11.3. The molecular formula is C62H86N24O10. The summed E-state index contributed by atoms with van der Waals surface area (Å²) in [5.74, 6) is -3.73. The SMILES string of the molecule is CN(CCCN)CCCNC(=O)CCNC(=O)c1cc(NC(=O)c2cc(NC(=O)c3cc(NC(=O)c4cc(NC(=O)CCCNC(=O)c5nc(NC(=O)CCNC(=O)c6nc(NC(=O)c7cc(N=C(N(C)C)N(C)C)cn7C)cn6C)cn5C)cn4C)cn3C)cn2C)cn1C. The van der Waals surface area contributed by atoms with Crippen molar-refractivity contribution in [2.75, 3.05) is 113 Å². The van der Waals surface area contributed by atoms with E-state index in [0.717, 1.165) is 25.9 Å². The lowest BCUT2D eigenvalue weighted by molar-refractivity contribution is -0.121. The Kier molecular flexibility index (Phi) is 24.8. The standard InChI is InChI=1S/C62H86N24O10/c1-77(2)62(78(3)4)72-42-30-47(84(10)35-42)59(94)76-49-37-86(12)54(75-49)61(96)67-23-18-52(89)73-48-36-85(11)53(74-48)60(95)65-20-13-16-51(88)68-38-26-44(81(7)31-38)56(91)70-40-28-46(83(9)33-40)58(93)71-41-29-45(82(8)34-41)57(92)69-39-27-43(80(6)32-39)55(90)66-22-17-50(87)64-21-15-25-79(5)24-14-19-63/h26-37H,13-25,63H2,1-12H3,(H,64,87)(H,65,95)(H,66,90)(H,67,96)(H,68,88)(H,69,92)(H,70,91)(H,71,93)(H,73,89)(H,76,94). The smallest absolute Gasteiger partial charge is 0.287 e. The number of nitrogens with zero attached hydrogens (tertiary/aromatic N) is 13. The number of amides is 10. The number of aromatic nitrogens is 9. The first kappa shape index (κ1) is 72.1. The van der Waals surface area contributed by atoms with Crippen molar-refractivity contribution in [3.05, 3.63) is 114 Å². The second-order valence-electron chi connectivity index (χ2n) is 23.3. The fourth-order valence-electron chi connectivity index (χ4n) is 10.1. The molecule has 7 rings (SSSR count). The normalized spacial score (nSPS) is 11.0. The van der Waals surface area contributed by atoms with Gasteiger partial charge in [-0.3, -0.25) is 47.9 Å². The molecular weight excluding hydrogens is 1240 g/mol. The number of rotatable bonds is 31. The second kappa shape index (κ2) is 33.0. The van der Waals surface area contributed by atoms with Gasteiger partial charge in [0, 0.05) is 166 Å². The van der Waals surface area contributed by atoms with E-state index < -0.39 is 47.3 Å². The van der Waals surface area contributed by atoms with Crippen LogP contribution in [-0.4, -0.2) is 203 Å². The summed E-state index contributed by atoms with van der Waals surface area (Å²) in [4.78, 5) is 150. The van der Waals surface area contributed by atoms with Crippen molar-refractivity contribution >= 4 is 105 Å². The largest absolute Gasteiger partial charge is 0.356 e. The Bertz CT molecular complexity index is 4020. The zero-order valence-electron chi connectivity index (χ0n) is 56.1. The van der Waals surface area contributed by atoms with E-state index in [4.69, 9.17) is 5.73 Å². The van der Waals surface area contributed by atoms with Crippen LogP contribution in [0.2, 0.25) is 0 Å². The minimum absolute atomic E-state index is 0.00596. The Labute approximate surface area is 554 Å². The fraction of sp³-hybridized carbons (Fsp3) is 0.403. The number of carbonyl (C=O) groups excluding carboxylic acids is 10. The van der Waals surface area contributed by atoms with E-state index in [9.17, 15) is 47.9 Å². The van der Waals surface area contributed by atoms with Crippen LogP contribution in [0.1, 0.15) is 112 Å². The Morgan fingerprint density at radius 1 is 0.396 bits per heavy atom. The predicted octanol–water partition coefficient (Wildman–Crippen LogP) is 1.78. The number of hydrogen-bond donors (Lipinski definition) is 11. The third kappa shape index (κ3) is 19.9. The van der Waals surface area contributed by atoms with E-state index >= 15 is 0 Å². The molecule has 0 fully saturated rings. The van der Waals surface area contributed by atoms with Gasteiger partial charge in [-0.15, -0.1) is 0 Å². The fourth-order valence-corrected chi connectivity index (χ4v) is 10.1. The highest BCUT2D eigenvalue weighted by atomic mass is 16.2. The zero-order valence-corrected chi connectivity index (χ0v) is 56.1. The molecule has 10 amide bonds. The van der Waals surface area contributed by atoms with Crippen LogP contribution in [0.4, 0.5) is 40.1 Å². The number of anilines is 6. The zero-order chi connectivity index (χ0) is 70.1. The first-order valence-corrected chi connectivity index (χ1v) is 30.7. The number of carbonyl (C=O) groups is 10. The van der Waals surface area contributed by atoms with Crippen LogP contribution >= 0.6 is 0 Å². The summed E-state index contributed by atoms with van der Waals surface area (Å²) >= 11 is 0. The van der Waals surface area contributed by atoms with Gasteiger partial charge in [-0.2, -0.15) is 0 Å². The molecule has 0 aliphatic heterocycles. The van der Waals surface area contributed by atoms with Gasteiger partial charge in [0.25, 0.3) is 41.4 Å². The van der Waals surface area contributed by atoms with Crippen LogP contribution < -0.4 is 58.9 Å². The number of aliphatic imine (C=N–C) groups is 1. The van der Waals surface area contributed by atoms with E-state index in [0.29, 0.717) is 53.2 Å².